The highest BCUT2D eigenvalue weighted by Gasteiger charge is 2.04. The van der Waals surface area contributed by atoms with Crippen molar-refractivity contribution in [2.45, 2.75) is 39.8 Å². The summed E-state index contributed by atoms with van der Waals surface area (Å²) in [5.74, 6) is 0.724. The Morgan fingerprint density at radius 2 is 2.29 bits per heavy atom. The summed E-state index contributed by atoms with van der Waals surface area (Å²) in [4.78, 5) is 4.26. The second-order valence-corrected chi connectivity index (χ2v) is 4.56. The normalized spacial score (nSPS) is 10.6. The molecule has 0 unspecified atom stereocenters. The molecule has 1 N–H and O–H groups in total. The zero-order valence-corrected chi connectivity index (χ0v) is 11.0. The van der Waals surface area contributed by atoms with Gasteiger partial charge in [0, 0.05) is 30.8 Å². The van der Waals surface area contributed by atoms with Gasteiger partial charge in [-0.2, -0.15) is 0 Å². The maximum atomic E-state index is 5.67. The summed E-state index contributed by atoms with van der Waals surface area (Å²) in [6.07, 6.45) is 2.63. The highest BCUT2D eigenvalue weighted by molar-refractivity contribution is 5.25. The van der Waals surface area contributed by atoms with Gasteiger partial charge in [-0.05, 0) is 13.0 Å². The molecule has 3 nitrogen and oxygen atoms in total. The predicted octanol–water partition coefficient (Wildman–Crippen LogP) is 2.92. The number of rotatable bonds is 7. The lowest BCUT2D eigenvalue weighted by Gasteiger charge is -2.12. The largest absolute Gasteiger partial charge is 0.477 e. The van der Waals surface area contributed by atoms with E-state index in [1.54, 1.807) is 6.20 Å². The number of nitrogens with one attached hydrogen (secondary N) is 1. The third-order valence-corrected chi connectivity index (χ3v) is 2.32. The molecular formula is C14H22N2O. The van der Waals surface area contributed by atoms with Gasteiger partial charge in [0.05, 0.1) is 6.61 Å². The molecule has 94 valence electrons. The Balaban J connectivity index is 2.54. The van der Waals surface area contributed by atoms with Crippen LogP contribution in [0.2, 0.25) is 0 Å². The van der Waals surface area contributed by atoms with E-state index in [4.69, 9.17) is 4.74 Å². The van der Waals surface area contributed by atoms with Crippen LogP contribution in [0.4, 0.5) is 0 Å². The SMILES string of the molecule is C=C(C)CCOc1ncccc1CNC(C)C. The molecule has 0 aromatic carbocycles. The summed E-state index contributed by atoms with van der Waals surface area (Å²) in [5, 5.41) is 3.36. The third kappa shape index (κ3) is 5.50. The molecule has 0 saturated heterocycles. The Hall–Kier alpha value is -1.35. The zero-order valence-electron chi connectivity index (χ0n) is 11.0. The van der Waals surface area contributed by atoms with E-state index in [0.29, 0.717) is 12.6 Å². The van der Waals surface area contributed by atoms with E-state index in [2.05, 4.69) is 30.7 Å². The molecule has 1 heterocycles. The first-order valence-corrected chi connectivity index (χ1v) is 6.04. The van der Waals surface area contributed by atoms with Gasteiger partial charge >= 0.3 is 0 Å². The number of pyridine rings is 1. The topological polar surface area (TPSA) is 34.1 Å². The number of nitrogens with zero attached hydrogens (tertiary/aromatic N) is 1. The first-order chi connectivity index (χ1) is 8.09. The smallest absolute Gasteiger partial charge is 0.217 e. The molecule has 1 aromatic heterocycles. The van der Waals surface area contributed by atoms with Gasteiger partial charge in [0.25, 0.3) is 0 Å². The van der Waals surface area contributed by atoms with E-state index in [1.165, 1.54) is 0 Å². The average molecular weight is 234 g/mol. The standard InChI is InChI=1S/C14H22N2O/c1-11(2)7-9-17-14-13(6-5-8-15-14)10-16-12(3)4/h5-6,8,12,16H,1,7,9-10H2,2-4H3. The summed E-state index contributed by atoms with van der Waals surface area (Å²) >= 11 is 0. The van der Waals surface area contributed by atoms with E-state index >= 15 is 0 Å². The number of ether oxygens (including phenoxy) is 1. The molecule has 0 fully saturated rings. The van der Waals surface area contributed by atoms with Crippen molar-refractivity contribution in [3.05, 3.63) is 36.0 Å². The van der Waals surface area contributed by atoms with Gasteiger partial charge < -0.3 is 10.1 Å². The van der Waals surface area contributed by atoms with E-state index in [0.717, 1.165) is 30.0 Å². The van der Waals surface area contributed by atoms with Crippen molar-refractivity contribution in [3.63, 3.8) is 0 Å². The Labute approximate surface area is 104 Å². The maximum absolute atomic E-state index is 5.67. The Morgan fingerprint density at radius 1 is 1.53 bits per heavy atom. The summed E-state index contributed by atoms with van der Waals surface area (Å²) < 4.78 is 5.67. The van der Waals surface area contributed by atoms with Gasteiger partial charge in [-0.25, -0.2) is 4.98 Å². The van der Waals surface area contributed by atoms with E-state index in [-0.39, 0.29) is 0 Å². The van der Waals surface area contributed by atoms with Crippen molar-refractivity contribution in [1.82, 2.24) is 10.3 Å². The fourth-order valence-electron chi connectivity index (χ4n) is 1.32. The summed E-state index contributed by atoms with van der Waals surface area (Å²) in [6, 6.07) is 4.43. The fraction of sp³-hybridized carbons (Fsp3) is 0.500. The molecule has 0 aliphatic heterocycles. The zero-order chi connectivity index (χ0) is 12.7. The van der Waals surface area contributed by atoms with Gasteiger partial charge in [-0.15, -0.1) is 6.58 Å². The second kappa shape index (κ2) is 7.07. The van der Waals surface area contributed by atoms with Crippen LogP contribution >= 0.6 is 0 Å². The van der Waals surface area contributed by atoms with Crippen LogP contribution in [0.25, 0.3) is 0 Å². The molecular weight excluding hydrogens is 212 g/mol. The van der Waals surface area contributed by atoms with E-state index in [1.807, 2.05) is 19.1 Å². The molecule has 0 radical (unpaired) electrons. The predicted molar refractivity (Wildman–Crippen MR) is 71.1 cm³/mol. The Kier molecular flexibility index (Phi) is 5.70. The lowest BCUT2D eigenvalue weighted by Crippen LogP contribution is -2.22. The summed E-state index contributed by atoms with van der Waals surface area (Å²) in [6.45, 7) is 11.5. The molecule has 0 saturated carbocycles. The molecule has 0 bridgehead atoms. The van der Waals surface area contributed by atoms with Crippen LogP contribution in [0.1, 0.15) is 32.8 Å². The molecule has 1 rings (SSSR count). The van der Waals surface area contributed by atoms with E-state index < -0.39 is 0 Å². The molecule has 17 heavy (non-hydrogen) atoms. The van der Waals surface area contributed by atoms with Crippen molar-refractivity contribution in [2.24, 2.45) is 0 Å². The van der Waals surface area contributed by atoms with Crippen molar-refractivity contribution in [1.29, 1.82) is 0 Å². The van der Waals surface area contributed by atoms with Gasteiger partial charge in [0.15, 0.2) is 0 Å². The van der Waals surface area contributed by atoms with Crippen molar-refractivity contribution in [2.75, 3.05) is 6.61 Å². The van der Waals surface area contributed by atoms with Gasteiger partial charge in [0.1, 0.15) is 0 Å². The third-order valence-electron chi connectivity index (χ3n) is 2.32. The number of hydrogen-bond donors (Lipinski definition) is 1. The molecule has 0 spiro atoms. The second-order valence-electron chi connectivity index (χ2n) is 4.56. The molecule has 3 heteroatoms. The van der Waals surface area contributed by atoms with Crippen LogP contribution < -0.4 is 10.1 Å². The number of hydrogen-bond acceptors (Lipinski definition) is 3. The highest BCUT2D eigenvalue weighted by Crippen LogP contribution is 2.14. The molecule has 0 atom stereocenters. The lowest BCUT2D eigenvalue weighted by atomic mass is 10.2. The first-order valence-electron chi connectivity index (χ1n) is 6.04. The van der Waals surface area contributed by atoms with Gasteiger partial charge in [-0.3, -0.25) is 0 Å². The van der Waals surface area contributed by atoms with Crippen LogP contribution in [0.5, 0.6) is 5.88 Å². The van der Waals surface area contributed by atoms with Crippen molar-refractivity contribution in [3.8, 4) is 5.88 Å². The Morgan fingerprint density at radius 3 is 2.94 bits per heavy atom. The Bertz CT molecular complexity index is 361. The quantitative estimate of drug-likeness (QED) is 0.737. The first kappa shape index (κ1) is 13.7. The van der Waals surface area contributed by atoms with Crippen LogP contribution in [0.3, 0.4) is 0 Å². The van der Waals surface area contributed by atoms with Crippen molar-refractivity contribution >= 4 is 0 Å². The average Bonchev–Trinajstić information content (AvgIpc) is 2.27. The van der Waals surface area contributed by atoms with Crippen LogP contribution in [0.15, 0.2) is 30.5 Å². The monoisotopic (exact) mass is 234 g/mol. The van der Waals surface area contributed by atoms with E-state index in [9.17, 15) is 0 Å². The highest BCUT2D eigenvalue weighted by atomic mass is 16.5. The summed E-state index contributed by atoms with van der Waals surface area (Å²) in [7, 11) is 0. The van der Waals surface area contributed by atoms with Crippen molar-refractivity contribution < 1.29 is 4.74 Å². The van der Waals surface area contributed by atoms with Gasteiger partial charge in [0.2, 0.25) is 5.88 Å². The molecule has 0 amide bonds. The molecule has 0 aliphatic rings. The van der Waals surface area contributed by atoms with Crippen LogP contribution in [-0.4, -0.2) is 17.6 Å². The van der Waals surface area contributed by atoms with Crippen LogP contribution in [0, 0.1) is 0 Å². The fourth-order valence-corrected chi connectivity index (χ4v) is 1.32. The molecule has 1 aromatic rings. The molecule has 0 aliphatic carbocycles. The lowest BCUT2D eigenvalue weighted by molar-refractivity contribution is 0.304. The summed E-state index contributed by atoms with van der Waals surface area (Å²) in [5.41, 5.74) is 2.23. The van der Waals surface area contributed by atoms with Crippen LogP contribution in [-0.2, 0) is 6.54 Å². The maximum Gasteiger partial charge on any atom is 0.217 e. The number of aromatic nitrogens is 1. The minimum atomic E-state index is 0.457. The minimum Gasteiger partial charge on any atom is -0.477 e. The van der Waals surface area contributed by atoms with Gasteiger partial charge in [-0.1, -0.05) is 25.5 Å². The minimum absolute atomic E-state index is 0.457.